The second-order valence-corrected chi connectivity index (χ2v) is 10.1. The molecule has 28 heavy (non-hydrogen) atoms. The van der Waals surface area contributed by atoms with Crippen molar-refractivity contribution in [3.05, 3.63) is 11.6 Å². The van der Waals surface area contributed by atoms with E-state index >= 15 is 4.39 Å². The van der Waals surface area contributed by atoms with Crippen LogP contribution in [0.2, 0.25) is 0 Å². The molecule has 3 N–H and O–H groups in total. The van der Waals surface area contributed by atoms with Gasteiger partial charge in [-0.05, 0) is 50.0 Å². The monoisotopic (exact) mass is 394 g/mol. The lowest BCUT2D eigenvalue weighted by atomic mass is 9.44. The number of carbonyl (C=O) groups excluding carboxylic acids is 2. The molecule has 0 saturated heterocycles. The Balaban J connectivity index is 1.83. The molecule has 0 bridgehead atoms. The summed E-state index contributed by atoms with van der Waals surface area (Å²) in [6.07, 6.45) is 2.41. The van der Waals surface area contributed by atoms with Gasteiger partial charge in [-0.1, -0.05) is 26.3 Å². The first kappa shape index (κ1) is 20.2. The Hall–Kier alpha value is -1.11. The van der Waals surface area contributed by atoms with Gasteiger partial charge in [0.25, 0.3) is 0 Å². The van der Waals surface area contributed by atoms with Crippen molar-refractivity contribution in [2.24, 2.45) is 28.6 Å². The fraction of sp³-hybridized carbons (Fsp3) is 0.818. The average molecular weight is 394 g/mol. The van der Waals surface area contributed by atoms with Crippen molar-refractivity contribution >= 4 is 11.6 Å². The number of allylic oxidation sites excluding steroid dienone is 1. The zero-order valence-electron chi connectivity index (χ0n) is 16.9. The maximum Gasteiger partial charge on any atom is 0.190 e. The number of rotatable bonds is 2. The van der Waals surface area contributed by atoms with E-state index in [-0.39, 0.29) is 24.5 Å². The van der Waals surface area contributed by atoms with Gasteiger partial charge in [0.1, 0.15) is 17.9 Å². The molecule has 4 aliphatic carbocycles. The summed E-state index contributed by atoms with van der Waals surface area (Å²) < 4.78 is 16.9. The van der Waals surface area contributed by atoms with Gasteiger partial charge in [-0.25, -0.2) is 4.39 Å². The molecule has 5 unspecified atom stereocenters. The summed E-state index contributed by atoms with van der Waals surface area (Å²) in [5.41, 5.74) is -4.77. The van der Waals surface area contributed by atoms with Crippen LogP contribution in [-0.4, -0.2) is 50.9 Å². The van der Waals surface area contributed by atoms with Crippen molar-refractivity contribution in [3.63, 3.8) is 0 Å². The summed E-state index contributed by atoms with van der Waals surface area (Å²) in [5, 5.41) is 32.0. The number of fused-ring (bicyclic) bond motifs is 5. The first-order valence-electron chi connectivity index (χ1n) is 10.4. The number of aliphatic hydroxyl groups excluding tert-OH is 2. The molecule has 8 atom stereocenters. The normalized spacial score (nSPS) is 53.1. The summed E-state index contributed by atoms with van der Waals surface area (Å²) in [4.78, 5) is 24.5. The van der Waals surface area contributed by atoms with Gasteiger partial charge in [0, 0.05) is 23.2 Å². The summed E-state index contributed by atoms with van der Waals surface area (Å²) in [6.45, 7) is 4.61. The molecule has 0 aromatic rings. The Morgan fingerprint density at radius 1 is 1.29 bits per heavy atom. The predicted octanol–water partition coefficient (Wildman–Crippen LogP) is 2.12. The molecule has 0 heterocycles. The highest BCUT2D eigenvalue weighted by molar-refractivity contribution is 5.92. The van der Waals surface area contributed by atoms with E-state index in [0.29, 0.717) is 25.7 Å². The highest BCUT2D eigenvalue weighted by Crippen LogP contribution is 2.71. The Morgan fingerprint density at radius 3 is 2.61 bits per heavy atom. The fourth-order valence-corrected chi connectivity index (χ4v) is 7.62. The van der Waals surface area contributed by atoms with Crippen LogP contribution in [0.25, 0.3) is 0 Å². The molecule has 0 radical (unpaired) electrons. The third-order valence-corrected chi connectivity index (χ3v) is 9.19. The highest BCUT2D eigenvalue weighted by atomic mass is 19.1. The molecular formula is C22H31FO5. The zero-order chi connectivity index (χ0) is 20.7. The minimum Gasteiger partial charge on any atom is -0.390 e. The number of ketones is 2. The van der Waals surface area contributed by atoms with E-state index < -0.39 is 52.4 Å². The number of halogens is 1. The molecule has 6 heteroatoms. The van der Waals surface area contributed by atoms with Crippen molar-refractivity contribution in [1.29, 1.82) is 0 Å². The van der Waals surface area contributed by atoms with Gasteiger partial charge < -0.3 is 15.3 Å². The maximum atomic E-state index is 16.9. The van der Waals surface area contributed by atoms with Crippen LogP contribution in [-0.2, 0) is 9.59 Å². The Kier molecular flexibility index (Phi) is 4.29. The Bertz CT molecular complexity index is 764. The first-order valence-corrected chi connectivity index (χ1v) is 10.4. The molecule has 3 fully saturated rings. The topological polar surface area (TPSA) is 94.8 Å². The van der Waals surface area contributed by atoms with Crippen LogP contribution in [0.5, 0.6) is 0 Å². The van der Waals surface area contributed by atoms with Crippen LogP contribution in [0.4, 0.5) is 4.39 Å². The van der Waals surface area contributed by atoms with Crippen molar-refractivity contribution in [1.82, 2.24) is 0 Å². The molecule has 0 aromatic heterocycles. The molecule has 0 aromatic carbocycles. The SMILES string of the molecule is C[C@H]1CC2C3CCC4=CC(=O)CCC4(C)[C@@]3(F)C(O)CC2(C)[C@@]1(O)C(=O)CO. The van der Waals surface area contributed by atoms with Crippen molar-refractivity contribution in [2.75, 3.05) is 6.61 Å². The van der Waals surface area contributed by atoms with Crippen LogP contribution in [0.3, 0.4) is 0 Å². The molecule has 0 spiro atoms. The second kappa shape index (κ2) is 5.96. The zero-order valence-corrected chi connectivity index (χ0v) is 16.9. The second-order valence-electron chi connectivity index (χ2n) is 10.1. The molecule has 156 valence electrons. The molecule has 0 amide bonds. The lowest BCUT2D eigenvalue weighted by molar-refractivity contribution is -0.228. The Morgan fingerprint density at radius 2 is 1.96 bits per heavy atom. The van der Waals surface area contributed by atoms with E-state index in [2.05, 4.69) is 0 Å². The quantitative estimate of drug-likeness (QED) is 0.667. The number of hydrogen-bond acceptors (Lipinski definition) is 5. The van der Waals surface area contributed by atoms with Gasteiger partial charge in [0.15, 0.2) is 11.6 Å². The standard InChI is InChI=1S/C22H31FO5/c1-12-8-16-15-5-4-13-9-14(25)6-7-19(13,2)21(15,23)17(26)10-20(16,3)22(12,28)18(27)11-24/h9,12,15-17,24,26,28H,4-8,10-11H2,1-3H3/t12-,15?,16?,17?,19?,20?,21-,22-/m0/s1. The highest BCUT2D eigenvalue weighted by Gasteiger charge is 2.75. The van der Waals surface area contributed by atoms with Gasteiger partial charge >= 0.3 is 0 Å². The molecular weight excluding hydrogens is 363 g/mol. The van der Waals surface area contributed by atoms with Gasteiger partial charge in [0.2, 0.25) is 0 Å². The maximum absolute atomic E-state index is 16.9. The average Bonchev–Trinajstić information content (AvgIpc) is 2.84. The summed E-state index contributed by atoms with van der Waals surface area (Å²) in [5.74, 6) is -1.82. The first-order chi connectivity index (χ1) is 13.0. The summed E-state index contributed by atoms with van der Waals surface area (Å²) >= 11 is 0. The number of hydrogen-bond donors (Lipinski definition) is 3. The predicted molar refractivity (Wildman–Crippen MR) is 100 cm³/mol. The lowest BCUT2D eigenvalue weighted by Crippen LogP contribution is -2.69. The minimum atomic E-state index is -1.89. The van der Waals surface area contributed by atoms with Crippen molar-refractivity contribution in [3.8, 4) is 0 Å². The number of carbonyl (C=O) groups is 2. The molecule has 0 aliphatic heterocycles. The molecule has 3 saturated carbocycles. The van der Waals surface area contributed by atoms with Gasteiger partial charge in [-0.3, -0.25) is 9.59 Å². The number of alkyl halides is 1. The minimum absolute atomic E-state index is 0.0158. The Labute approximate surface area is 165 Å². The largest absolute Gasteiger partial charge is 0.390 e. The summed E-state index contributed by atoms with van der Waals surface area (Å²) in [6, 6.07) is 0. The van der Waals surface area contributed by atoms with Crippen LogP contribution >= 0.6 is 0 Å². The van der Waals surface area contributed by atoms with E-state index in [1.807, 2.05) is 6.92 Å². The summed E-state index contributed by atoms with van der Waals surface area (Å²) in [7, 11) is 0. The van der Waals surface area contributed by atoms with Crippen LogP contribution in [0, 0.1) is 28.6 Å². The van der Waals surface area contributed by atoms with Crippen LogP contribution in [0.1, 0.15) is 59.3 Å². The van der Waals surface area contributed by atoms with E-state index in [1.54, 1.807) is 19.9 Å². The van der Waals surface area contributed by atoms with Gasteiger partial charge in [0.05, 0.1) is 6.10 Å². The molecule has 4 rings (SSSR count). The third kappa shape index (κ3) is 2.07. The lowest BCUT2D eigenvalue weighted by Gasteiger charge is -2.63. The molecule has 5 nitrogen and oxygen atoms in total. The van der Waals surface area contributed by atoms with E-state index in [9.17, 15) is 24.9 Å². The van der Waals surface area contributed by atoms with Crippen molar-refractivity contribution in [2.45, 2.75) is 76.7 Å². The van der Waals surface area contributed by atoms with E-state index in [1.165, 1.54) is 0 Å². The van der Waals surface area contributed by atoms with Crippen LogP contribution < -0.4 is 0 Å². The number of aliphatic hydroxyl groups is 3. The van der Waals surface area contributed by atoms with E-state index in [4.69, 9.17) is 0 Å². The van der Waals surface area contributed by atoms with E-state index in [0.717, 1.165) is 5.57 Å². The third-order valence-electron chi connectivity index (χ3n) is 9.19. The fourth-order valence-electron chi connectivity index (χ4n) is 7.62. The van der Waals surface area contributed by atoms with Gasteiger partial charge in [-0.2, -0.15) is 0 Å². The molecule has 4 aliphatic rings. The van der Waals surface area contributed by atoms with Crippen LogP contribution in [0.15, 0.2) is 11.6 Å². The smallest absolute Gasteiger partial charge is 0.190 e. The van der Waals surface area contributed by atoms with Crippen molar-refractivity contribution < 1.29 is 29.3 Å². The van der Waals surface area contributed by atoms with Gasteiger partial charge in [-0.15, -0.1) is 0 Å². The number of Topliss-reactive ketones (excluding diaryl/α,β-unsaturated/α-hetero) is 1.